The monoisotopic (exact) mass is 232 g/mol. The van der Waals surface area contributed by atoms with Gasteiger partial charge >= 0.3 is 0 Å². The predicted molar refractivity (Wildman–Crippen MR) is 72.0 cm³/mol. The van der Waals surface area contributed by atoms with Crippen molar-refractivity contribution in [2.45, 2.75) is 52.6 Å². The standard InChI is InChI=1S/C16H24O/c1-12-6-8-13(9-7-12)11-15(17)14-5-4-10-16(14,2)3/h6-9,14-15,17H,4-5,10-11H2,1-3H3. The van der Waals surface area contributed by atoms with Crippen molar-refractivity contribution in [2.24, 2.45) is 11.3 Å². The van der Waals surface area contributed by atoms with Crippen LogP contribution in [0.3, 0.4) is 0 Å². The van der Waals surface area contributed by atoms with Crippen molar-refractivity contribution in [3.05, 3.63) is 35.4 Å². The van der Waals surface area contributed by atoms with Crippen LogP contribution in [0.25, 0.3) is 0 Å². The highest BCUT2D eigenvalue weighted by Gasteiger charge is 2.38. The smallest absolute Gasteiger partial charge is 0.0613 e. The molecule has 1 aromatic rings. The Balaban J connectivity index is 2.01. The first-order chi connectivity index (χ1) is 7.99. The zero-order valence-corrected chi connectivity index (χ0v) is 11.2. The second-order valence-corrected chi connectivity index (χ2v) is 6.24. The van der Waals surface area contributed by atoms with E-state index in [-0.39, 0.29) is 6.10 Å². The molecule has 0 radical (unpaired) electrons. The van der Waals surface area contributed by atoms with Gasteiger partial charge in [0.25, 0.3) is 0 Å². The fourth-order valence-electron chi connectivity index (χ4n) is 3.17. The molecule has 1 heteroatoms. The van der Waals surface area contributed by atoms with Gasteiger partial charge in [-0.15, -0.1) is 0 Å². The maximum atomic E-state index is 10.4. The third kappa shape index (κ3) is 2.90. The van der Waals surface area contributed by atoms with Crippen LogP contribution in [0.15, 0.2) is 24.3 Å². The second kappa shape index (κ2) is 4.81. The average Bonchev–Trinajstić information content (AvgIpc) is 2.61. The quantitative estimate of drug-likeness (QED) is 0.842. The van der Waals surface area contributed by atoms with Crippen LogP contribution in [0, 0.1) is 18.3 Å². The summed E-state index contributed by atoms with van der Waals surface area (Å²) in [6.07, 6.45) is 4.31. The van der Waals surface area contributed by atoms with Crippen LogP contribution in [-0.4, -0.2) is 11.2 Å². The van der Waals surface area contributed by atoms with Gasteiger partial charge in [0.2, 0.25) is 0 Å². The summed E-state index contributed by atoms with van der Waals surface area (Å²) >= 11 is 0. The van der Waals surface area contributed by atoms with Gasteiger partial charge in [0, 0.05) is 0 Å². The molecule has 2 unspecified atom stereocenters. The summed E-state index contributed by atoms with van der Waals surface area (Å²) in [5, 5.41) is 10.4. The van der Waals surface area contributed by atoms with Gasteiger partial charge in [-0.2, -0.15) is 0 Å². The topological polar surface area (TPSA) is 20.2 Å². The Kier molecular flexibility index (Phi) is 3.58. The number of aliphatic hydroxyl groups is 1. The van der Waals surface area contributed by atoms with Crippen LogP contribution in [0.4, 0.5) is 0 Å². The Labute approximate surface area is 105 Å². The van der Waals surface area contributed by atoms with Crippen LogP contribution >= 0.6 is 0 Å². The lowest BCUT2D eigenvalue weighted by Gasteiger charge is -2.31. The van der Waals surface area contributed by atoms with E-state index in [1.807, 2.05) is 0 Å². The molecule has 1 fully saturated rings. The highest BCUT2D eigenvalue weighted by Crippen LogP contribution is 2.44. The molecule has 17 heavy (non-hydrogen) atoms. The van der Waals surface area contributed by atoms with Crippen molar-refractivity contribution >= 4 is 0 Å². The van der Waals surface area contributed by atoms with E-state index >= 15 is 0 Å². The molecule has 1 aliphatic rings. The van der Waals surface area contributed by atoms with E-state index in [2.05, 4.69) is 45.0 Å². The van der Waals surface area contributed by atoms with Gasteiger partial charge in [-0.3, -0.25) is 0 Å². The van der Waals surface area contributed by atoms with E-state index in [9.17, 15) is 5.11 Å². The lowest BCUT2D eigenvalue weighted by atomic mass is 9.77. The number of benzene rings is 1. The Bertz CT molecular complexity index is 364. The van der Waals surface area contributed by atoms with Gasteiger partial charge in [-0.25, -0.2) is 0 Å². The van der Waals surface area contributed by atoms with Gasteiger partial charge in [0.15, 0.2) is 0 Å². The molecule has 2 rings (SSSR count). The Morgan fingerprint density at radius 1 is 1.29 bits per heavy atom. The first-order valence-electron chi connectivity index (χ1n) is 6.73. The van der Waals surface area contributed by atoms with Gasteiger partial charge in [-0.1, -0.05) is 50.1 Å². The normalized spacial score (nSPS) is 24.8. The molecule has 2 atom stereocenters. The van der Waals surface area contributed by atoms with Gasteiger partial charge < -0.3 is 5.11 Å². The molecule has 0 aliphatic heterocycles. The largest absolute Gasteiger partial charge is 0.392 e. The first-order valence-corrected chi connectivity index (χ1v) is 6.73. The van der Waals surface area contributed by atoms with Crippen molar-refractivity contribution in [3.8, 4) is 0 Å². The zero-order valence-electron chi connectivity index (χ0n) is 11.2. The molecular weight excluding hydrogens is 208 g/mol. The number of aryl methyl sites for hydroxylation is 1. The van der Waals surface area contributed by atoms with E-state index in [4.69, 9.17) is 0 Å². The van der Waals surface area contributed by atoms with Crippen molar-refractivity contribution in [1.82, 2.24) is 0 Å². The molecule has 1 saturated carbocycles. The van der Waals surface area contributed by atoms with Crippen molar-refractivity contribution in [3.63, 3.8) is 0 Å². The molecule has 0 spiro atoms. The highest BCUT2D eigenvalue weighted by molar-refractivity contribution is 5.22. The van der Waals surface area contributed by atoms with Crippen LogP contribution in [0.1, 0.15) is 44.2 Å². The van der Waals surface area contributed by atoms with E-state index in [1.165, 1.54) is 30.4 Å². The van der Waals surface area contributed by atoms with E-state index in [0.29, 0.717) is 11.3 Å². The van der Waals surface area contributed by atoms with E-state index in [1.54, 1.807) is 0 Å². The van der Waals surface area contributed by atoms with Crippen LogP contribution < -0.4 is 0 Å². The second-order valence-electron chi connectivity index (χ2n) is 6.24. The number of hydrogen-bond donors (Lipinski definition) is 1. The van der Waals surface area contributed by atoms with Crippen LogP contribution in [0.2, 0.25) is 0 Å². The van der Waals surface area contributed by atoms with Crippen molar-refractivity contribution in [1.29, 1.82) is 0 Å². The van der Waals surface area contributed by atoms with Gasteiger partial charge in [0.05, 0.1) is 6.10 Å². The minimum absolute atomic E-state index is 0.185. The van der Waals surface area contributed by atoms with Crippen molar-refractivity contribution in [2.75, 3.05) is 0 Å². The Hall–Kier alpha value is -0.820. The molecular formula is C16H24O. The summed E-state index contributed by atoms with van der Waals surface area (Å²) in [4.78, 5) is 0. The molecule has 0 heterocycles. The minimum Gasteiger partial charge on any atom is -0.392 e. The fourth-order valence-corrected chi connectivity index (χ4v) is 3.17. The summed E-state index contributed by atoms with van der Waals surface area (Å²) in [5.74, 6) is 0.462. The Morgan fingerprint density at radius 2 is 1.94 bits per heavy atom. The van der Waals surface area contributed by atoms with E-state index in [0.717, 1.165) is 6.42 Å². The first kappa shape index (κ1) is 12.6. The molecule has 1 nitrogen and oxygen atoms in total. The highest BCUT2D eigenvalue weighted by atomic mass is 16.3. The van der Waals surface area contributed by atoms with Gasteiger partial charge in [0.1, 0.15) is 0 Å². The maximum absolute atomic E-state index is 10.4. The molecule has 0 bridgehead atoms. The summed E-state index contributed by atoms with van der Waals surface area (Å²) in [6.45, 7) is 6.69. The third-order valence-corrected chi connectivity index (χ3v) is 4.37. The lowest BCUT2D eigenvalue weighted by Crippen LogP contribution is -2.31. The summed E-state index contributed by atoms with van der Waals surface area (Å²) in [5.41, 5.74) is 2.85. The molecule has 0 amide bonds. The summed E-state index contributed by atoms with van der Waals surface area (Å²) in [6, 6.07) is 8.53. The zero-order chi connectivity index (χ0) is 12.5. The van der Waals surface area contributed by atoms with Gasteiger partial charge in [-0.05, 0) is 43.1 Å². The fraction of sp³-hybridized carbons (Fsp3) is 0.625. The molecule has 94 valence electrons. The molecule has 0 saturated heterocycles. The predicted octanol–water partition coefficient (Wildman–Crippen LogP) is 3.72. The summed E-state index contributed by atoms with van der Waals surface area (Å²) in [7, 11) is 0. The maximum Gasteiger partial charge on any atom is 0.0613 e. The van der Waals surface area contributed by atoms with Crippen molar-refractivity contribution < 1.29 is 5.11 Å². The van der Waals surface area contributed by atoms with E-state index < -0.39 is 0 Å². The lowest BCUT2D eigenvalue weighted by molar-refractivity contribution is 0.0543. The molecule has 1 aromatic carbocycles. The number of aliphatic hydroxyl groups excluding tert-OH is 1. The van der Waals surface area contributed by atoms with Crippen LogP contribution in [-0.2, 0) is 6.42 Å². The summed E-state index contributed by atoms with van der Waals surface area (Å²) < 4.78 is 0. The minimum atomic E-state index is -0.185. The molecule has 1 N–H and O–H groups in total. The third-order valence-electron chi connectivity index (χ3n) is 4.37. The average molecular weight is 232 g/mol. The Morgan fingerprint density at radius 3 is 2.47 bits per heavy atom. The van der Waals surface area contributed by atoms with Crippen LogP contribution in [0.5, 0.6) is 0 Å². The number of hydrogen-bond acceptors (Lipinski definition) is 1. The molecule has 1 aliphatic carbocycles. The SMILES string of the molecule is Cc1ccc(CC(O)C2CCCC2(C)C)cc1. The number of rotatable bonds is 3. The molecule has 0 aromatic heterocycles.